The quantitative estimate of drug-likeness (QED) is 0.677. The summed E-state index contributed by atoms with van der Waals surface area (Å²) in [7, 11) is 0. The smallest absolute Gasteiger partial charge is 0.435 e. The molecule has 0 bridgehead atoms. The molecule has 8 heteroatoms. The number of esters is 1. The standard InChI is InChI=1S/C12H10F3N3O2/c1-2-20-11(19)9-10(12(13,14)15)18-8-5-6(16)3-4-7(8)17-9/h3-5H,2,16H2,1H3. The lowest BCUT2D eigenvalue weighted by Crippen LogP contribution is -2.19. The molecule has 2 aromatic rings. The van der Waals surface area contributed by atoms with E-state index in [1.807, 2.05) is 0 Å². The number of halogens is 3. The molecule has 2 rings (SSSR count). The first-order valence-electron chi connectivity index (χ1n) is 5.64. The van der Waals surface area contributed by atoms with Crippen molar-refractivity contribution < 1.29 is 22.7 Å². The topological polar surface area (TPSA) is 78.1 Å². The molecular formula is C12H10F3N3O2. The minimum Gasteiger partial charge on any atom is -0.461 e. The van der Waals surface area contributed by atoms with E-state index < -0.39 is 23.5 Å². The number of benzene rings is 1. The van der Waals surface area contributed by atoms with Crippen molar-refractivity contribution in [1.29, 1.82) is 0 Å². The van der Waals surface area contributed by atoms with E-state index in [1.165, 1.54) is 25.1 Å². The van der Waals surface area contributed by atoms with Crippen LogP contribution in [-0.4, -0.2) is 22.5 Å². The number of hydrogen-bond acceptors (Lipinski definition) is 5. The monoisotopic (exact) mass is 285 g/mol. The maximum atomic E-state index is 12.9. The summed E-state index contributed by atoms with van der Waals surface area (Å²) in [4.78, 5) is 18.7. The van der Waals surface area contributed by atoms with Crippen molar-refractivity contribution in [2.24, 2.45) is 0 Å². The molecule has 0 radical (unpaired) electrons. The maximum absolute atomic E-state index is 12.9. The molecule has 1 heterocycles. The highest BCUT2D eigenvalue weighted by atomic mass is 19.4. The van der Waals surface area contributed by atoms with Gasteiger partial charge in [-0.05, 0) is 25.1 Å². The van der Waals surface area contributed by atoms with Gasteiger partial charge in [0.05, 0.1) is 17.6 Å². The highest BCUT2D eigenvalue weighted by Gasteiger charge is 2.39. The summed E-state index contributed by atoms with van der Waals surface area (Å²) < 4.78 is 43.4. The lowest BCUT2D eigenvalue weighted by molar-refractivity contribution is -0.141. The van der Waals surface area contributed by atoms with E-state index in [-0.39, 0.29) is 23.3 Å². The van der Waals surface area contributed by atoms with Crippen LogP contribution in [-0.2, 0) is 10.9 Å². The molecule has 0 fully saturated rings. The SMILES string of the molecule is CCOC(=O)c1nc2ccc(N)cc2nc1C(F)(F)F. The predicted octanol–water partition coefficient (Wildman–Crippen LogP) is 2.41. The zero-order valence-corrected chi connectivity index (χ0v) is 10.4. The third-order valence-electron chi connectivity index (χ3n) is 2.43. The van der Waals surface area contributed by atoms with E-state index in [0.717, 1.165) is 0 Å². The van der Waals surface area contributed by atoms with Crippen molar-refractivity contribution in [1.82, 2.24) is 9.97 Å². The highest BCUT2D eigenvalue weighted by molar-refractivity contribution is 5.91. The number of ether oxygens (including phenoxy) is 1. The Bertz CT molecular complexity index is 671. The molecule has 1 aromatic heterocycles. The van der Waals surface area contributed by atoms with Crippen LogP contribution in [0.25, 0.3) is 11.0 Å². The zero-order valence-electron chi connectivity index (χ0n) is 10.4. The molecule has 20 heavy (non-hydrogen) atoms. The molecule has 106 valence electrons. The van der Waals surface area contributed by atoms with Gasteiger partial charge >= 0.3 is 12.1 Å². The van der Waals surface area contributed by atoms with E-state index in [1.54, 1.807) is 0 Å². The maximum Gasteiger partial charge on any atom is 0.435 e. The number of rotatable bonds is 2. The zero-order chi connectivity index (χ0) is 14.9. The Labute approximate surface area is 111 Å². The van der Waals surface area contributed by atoms with Crippen molar-refractivity contribution in [3.8, 4) is 0 Å². The normalized spacial score (nSPS) is 11.6. The number of nitrogens with two attached hydrogens (primary N) is 1. The van der Waals surface area contributed by atoms with Crippen LogP contribution in [0.1, 0.15) is 23.1 Å². The summed E-state index contributed by atoms with van der Waals surface area (Å²) in [6.07, 6.45) is -4.81. The molecule has 0 amide bonds. The van der Waals surface area contributed by atoms with E-state index in [4.69, 9.17) is 5.73 Å². The summed E-state index contributed by atoms with van der Waals surface area (Å²) >= 11 is 0. The number of fused-ring (bicyclic) bond motifs is 1. The Balaban J connectivity index is 2.70. The minimum absolute atomic E-state index is 0.0367. The Morgan fingerprint density at radius 2 is 2.00 bits per heavy atom. The minimum atomic E-state index is -4.81. The van der Waals surface area contributed by atoms with Crippen LogP contribution in [0.3, 0.4) is 0 Å². The van der Waals surface area contributed by atoms with Gasteiger partial charge in [0.1, 0.15) is 0 Å². The molecule has 0 aliphatic rings. The summed E-state index contributed by atoms with van der Waals surface area (Å²) in [6.45, 7) is 1.43. The van der Waals surface area contributed by atoms with Crippen molar-refractivity contribution in [2.75, 3.05) is 12.3 Å². The molecule has 5 nitrogen and oxygen atoms in total. The van der Waals surface area contributed by atoms with Gasteiger partial charge in [0.25, 0.3) is 0 Å². The lowest BCUT2D eigenvalue weighted by atomic mass is 10.2. The number of anilines is 1. The third kappa shape index (κ3) is 2.63. The molecule has 0 saturated carbocycles. The van der Waals surface area contributed by atoms with Gasteiger partial charge in [0.15, 0.2) is 11.4 Å². The molecule has 0 unspecified atom stereocenters. The largest absolute Gasteiger partial charge is 0.461 e. The fourth-order valence-electron chi connectivity index (χ4n) is 1.61. The second-order valence-corrected chi connectivity index (χ2v) is 3.89. The molecule has 0 spiro atoms. The number of hydrogen-bond donors (Lipinski definition) is 1. The predicted molar refractivity (Wildman–Crippen MR) is 64.9 cm³/mol. The van der Waals surface area contributed by atoms with Gasteiger partial charge in [0, 0.05) is 5.69 Å². The first-order chi connectivity index (χ1) is 9.32. The average molecular weight is 285 g/mol. The molecule has 0 aliphatic heterocycles. The summed E-state index contributed by atoms with van der Waals surface area (Å²) in [5.41, 5.74) is 3.61. The molecule has 2 N–H and O–H groups in total. The molecule has 0 atom stereocenters. The van der Waals surface area contributed by atoms with Crippen molar-refractivity contribution in [2.45, 2.75) is 13.1 Å². The Morgan fingerprint density at radius 3 is 2.60 bits per heavy atom. The van der Waals surface area contributed by atoms with E-state index in [0.29, 0.717) is 0 Å². The van der Waals surface area contributed by atoms with Crippen LogP contribution >= 0.6 is 0 Å². The molecular weight excluding hydrogens is 275 g/mol. The van der Waals surface area contributed by atoms with Crippen LogP contribution in [0.2, 0.25) is 0 Å². The summed E-state index contributed by atoms with van der Waals surface area (Å²) in [5.74, 6) is -1.16. The van der Waals surface area contributed by atoms with Gasteiger partial charge < -0.3 is 10.5 Å². The Morgan fingerprint density at radius 1 is 1.30 bits per heavy atom. The van der Waals surface area contributed by atoms with Crippen LogP contribution in [0.4, 0.5) is 18.9 Å². The fourth-order valence-corrected chi connectivity index (χ4v) is 1.61. The van der Waals surface area contributed by atoms with Gasteiger partial charge in [-0.2, -0.15) is 13.2 Å². The van der Waals surface area contributed by atoms with Crippen LogP contribution in [0.15, 0.2) is 18.2 Å². The van der Waals surface area contributed by atoms with Gasteiger partial charge in [-0.1, -0.05) is 0 Å². The lowest BCUT2D eigenvalue weighted by Gasteiger charge is -2.11. The number of nitrogen functional groups attached to an aromatic ring is 1. The van der Waals surface area contributed by atoms with Crippen molar-refractivity contribution in [3.05, 3.63) is 29.6 Å². The van der Waals surface area contributed by atoms with Crippen LogP contribution < -0.4 is 5.73 Å². The van der Waals surface area contributed by atoms with Gasteiger partial charge in [-0.15, -0.1) is 0 Å². The number of alkyl halides is 3. The van der Waals surface area contributed by atoms with Crippen molar-refractivity contribution >= 4 is 22.7 Å². The number of nitrogens with zero attached hydrogens (tertiary/aromatic N) is 2. The number of aromatic nitrogens is 2. The van der Waals surface area contributed by atoms with Crippen molar-refractivity contribution in [3.63, 3.8) is 0 Å². The van der Waals surface area contributed by atoms with E-state index in [2.05, 4.69) is 14.7 Å². The first kappa shape index (κ1) is 14.0. The van der Waals surface area contributed by atoms with Crippen LogP contribution in [0.5, 0.6) is 0 Å². The highest BCUT2D eigenvalue weighted by Crippen LogP contribution is 2.31. The van der Waals surface area contributed by atoms with Gasteiger partial charge in [-0.3, -0.25) is 0 Å². The number of carbonyl (C=O) groups is 1. The van der Waals surface area contributed by atoms with Crippen LogP contribution in [0, 0.1) is 0 Å². The van der Waals surface area contributed by atoms with Gasteiger partial charge in [-0.25, -0.2) is 14.8 Å². The fraction of sp³-hybridized carbons (Fsp3) is 0.250. The molecule has 1 aromatic carbocycles. The number of carbonyl (C=O) groups excluding carboxylic acids is 1. The average Bonchev–Trinajstić information content (AvgIpc) is 2.36. The summed E-state index contributed by atoms with van der Waals surface area (Å²) in [5, 5.41) is 0. The van der Waals surface area contributed by atoms with E-state index >= 15 is 0 Å². The third-order valence-corrected chi connectivity index (χ3v) is 2.43. The second kappa shape index (κ2) is 4.95. The Kier molecular flexibility index (Phi) is 3.47. The Hall–Kier alpha value is -2.38. The second-order valence-electron chi connectivity index (χ2n) is 3.89. The van der Waals surface area contributed by atoms with E-state index in [9.17, 15) is 18.0 Å². The first-order valence-corrected chi connectivity index (χ1v) is 5.64. The molecule has 0 aliphatic carbocycles. The van der Waals surface area contributed by atoms with Gasteiger partial charge in [0.2, 0.25) is 0 Å². The summed E-state index contributed by atoms with van der Waals surface area (Å²) in [6, 6.07) is 4.10. The molecule has 0 saturated heterocycles.